The Bertz CT molecular complexity index is 1310. The normalized spacial score (nSPS) is 30.1. The molecule has 8 nitrogen and oxygen atoms in total. The van der Waals surface area contributed by atoms with Gasteiger partial charge in [0.2, 0.25) is 0 Å². The Hall–Kier alpha value is -3.02. The number of anilines is 1. The molecule has 1 aromatic carbocycles. The minimum Gasteiger partial charge on any atom is -0.378 e. The summed E-state index contributed by atoms with van der Waals surface area (Å²) in [5, 5.41) is 15.9. The van der Waals surface area contributed by atoms with Crippen LogP contribution < -0.4 is 4.90 Å². The van der Waals surface area contributed by atoms with Crippen molar-refractivity contribution in [3.05, 3.63) is 42.4 Å². The maximum absolute atomic E-state index is 10.2. The van der Waals surface area contributed by atoms with Gasteiger partial charge in [0.15, 0.2) is 5.82 Å². The van der Waals surface area contributed by atoms with E-state index >= 15 is 0 Å². The lowest BCUT2D eigenvalue weighted by molar-refractivity contribution is -0.0117. The summed E-state index contributed by atoms with van der Waals surface area (Å²) >= 11 is 0. The van der Waals surface area contributed by atoms with Gasteiger partial charge in [-0.25, -0.2) is 14.6 Å². The van der Waals surface area contributed by atoms with Crippen LogP contribution in [-0.2, 0) is 10.2 Å². The second-order valence-electron chi connectivity index (χ2n) is 10.6. The standard InChI is InChI=1S/C26H29N7O/c1-18-25(4-5-25)15-26(18,16-27)20-3-2-19-12-30-33(22(19)10-20)24-11-23(28-17-29-24)32-7-6-31-8-9-34-14-21(31)13-32/h2-3,10-12,17-18,21H,4-9,13-15H2,1H3. The van der Waals surface area contributed by atoms with Crippen molar-refractivity contribution in [1.29, 1.82) is 5.26 Å². The monoisotopic (exact) mass is 455 g/mol. The van der Waals surface area contributed by atoms with Crippen molar-refractivity contribution in [2.24, 2.45) is 11.3 Å². The first-order valence-corrected chi connectivity index (χ1v) is 12.4. The molecule has 2 saturated heterocycles. The van der Waals surface area contributed by atoms with Gasteiger partial charge in [-0.2, -0.15) is 10.4 Å². The van der Waals surface area contributed by atoms with Crippen LogP contribution in [-0.4, -0.2) is 70.1 Å². The number of morpholine rings is 1. The molecule has 2 saturated carbocycles. The molecule has 0 N–H and O–H groups in total. The quantitative estimate of drug-likeness (QED) is 0.600. The van der Waals surface area contributed by atoms with E-state index < -0.39 is 5.41 Å². The molecule has 4 aliphatic rings. The third kappa shape index (κ3) is 2.87. The minimum absolute atomic E-state index is 0.391. The lowest BCUT2D eigenvalue weighted by Gasteiger charge is -2.51. The van der Waals surface area contributed by atoms with E-state index in [2.05, 4.69) is 56.1 Å². The average molecular weight is 456 g/mol. The smallest absolute Gasteiger partial charge is 0.159 e. The highest BCUT2D eigenvalue weighted by Crippen LogP contribution is 2.72. The molecular weight excluding hydrogens is 426 g/mol. The average Bonchev–Trinajstić information content (AvgIpc) is 3.59. The number of hydrogen-bond donors (Lipinski definition) is 0. The number of rotatable bonds is 3. The Kier molecular flexibility index (Phi) is 4.33. The van der Waals surface area contributed by atoms with E-state index in [0.717, 1.165) is 73.9 Å². The molecule has 3 unspecified atom stereocenters. The fraction of sp³-hybridized carbons (Fsp3) is 0.538. The Morgan fingerprint density at radius 2 is 2.00 bits per heavy atom. The Balaban J connectivity index is 1.22. The van der Waals surface area contributed by atoms with Gasteiger partial charge in [0.05, 0.1) is 42.5 Å². The second kappa shape index (κ2) is 7.24. The molecule has 174 valence electrons. The zero-order valence-corrected chi connectivity index (χ0v) is 19.5. The molecule has 3 atom stereocenters. The summed E-state index contributed by atoms with van der Waals surface area (Å²) < 4.78 is 7.60. The van der Waals surface area contributed by atoms with Crippen LogP contribution in [0.4, 0.5) is 5.82 Å². The lowest BCUT2D eigenvalue weighted by atomic mass is 9.50. The van der Waals surface area contributed by atoms with Gasteiger partial charge in [-0.3, -0.25) is 4.90 Å². The van der Waals surface area contributed by atoms with E-state index in [0.29, 0.717) is 17.4 Å². The van der Waals surface area contributed by atoms with E-state index in [1.54, 1.807) is 6.33 Å². The molecule has 2 aliphatic heterocycles. The number of nitrogens with zero attached hydrogens (tertiary/aromatic N) is 7. The molecule has 0 bridgehead atoms. The van der Waals surface area contributed by atoms with Crippen molar-refractivity contribution >= 4 is 16.7 Å². The molecule has 3 aromatic rings. The van der Waals surface area contributed by atoms with Crippen LogP contribution in [0, 0.1) is 22.7 Å². The van der Waals surface area contributed by atoms with Crippen molar-refractivity contribution in [1.82, 2.24) is 24.6 Å². The van der Waals surface area contributed by atoms with Gasteiger partial charge in [-0.1, -0.05) is 19.1 Å². The fourth-order valence-electron chi connectivity index (χ4n) is 6.64. The molecule has 7 rings (SSSR count). The number of fused-ring (bicyclic) bond motifs is 2. The van der Waals surface area contributed by atoms with E-state index in [9.17, 15) is 5.26 Å². The fourth-order valence-corrected chi connectivity index (χ4v) is 6.64. The van der Waals surface area contributed by atoms with E-state index in [4.69, 9.17) is 4.74 Å². The number of benzene rings is 1. The number of piperazine rings is 1. The van der Waals surface area contributed by atoms with Crippen molar-refractivity contribution in [3.8, 4) is 11.9 Å². The first-order chi connectivity index (χ1) is 16.6. The van der Waals surface area contributed by atoms with E-state index in [1.165, 1.54) is 12.8 Å². The maximum atomic E-state index is 10.2. The predicted molar refractivity (Wildman–Crippen MR) is 128 cm³/mol. The molecule has 1 spiro atoms. The Labute approximate surface area is 199 Å². The van der Waals surface area contributed by atoms with Crippen molar-refractivity contribution in [2.75, 3.05) is 44.3 Å². The third-order valence-electron chi connectivity index (χ3n) is 9.08. The van der Waals surface area contributed by atoms with Crippen LogP contribution >= 0.6 is 0 Å². The topological polar surface area (TPSA) is 83.1 Å². The van der Waals surface area contributed by atoms with Gasteiger partial charge < -0.3 is 9.64 Å². The van der Waals surface area contributed by atoms with Crippen LogP contribution in [0.25, 0.3) is 16.7 Å². The zero-order valence-electron chi connectivity index (χ0n) is 19.5. The number of ether oxygens (including phenoxy) is 1. The van der Waals surface area contributed by atoms with Crippen LogP contribution in [0.2, 0.25) is 0 Å². The predicted octanol–water partition coefficient (Wildman–Crippen LogP) is 2.92. The molecule has 0 amide bonds. The minimum atomic E-state index is -0.391. The van der Waals surface area contributed by atoms with Gasteiger partial charge in [0, 0.05) is 37.6 Å². The van der Waals surface area contributed by atoms with Gasteiger partial charge in [0.1, 0.15) is 12.1 Å². The molecule has 4 fully saturated rings. The van der Waals surface area contributed by atoms with E-state index in [-0.39, 0.29) is 0 Å². The molecule has 34 heavy (non-hydrogen) atoms. The largest absolute Gasteiger partial charge is 0.378 e. The third-order valence-corrected chi connectivity index (χ3v) is 9.08. The van der Waals surface area contributed by atoms with Crippen LogP contribution in [0.3, 0.4) is 0 Å². The summed E-state index contributed by atoms with van der Waals surface area (Å²) in [5.41, 5.74) is 2.13. The highest BCUT2D eigenvalue weighted by molar-refractivity contribution is 5.81. The summed E-state index contributed by atoms with van der Waals surface area (Å²) in [6.45, 7) is 7.76. The molecule has 4 heterocycles. The SMILES string of the molecule is CC1C2(CC2)CC1(C#N)c1ccc2cnn(-c3cc(N4CCN5CCOCC5C4)ncn3)c2c1. The van der Waals surface area contributed by atoms with Crippen molar-refractivity contribution < 1.29 is 4.74 Å². The number of hydrogen-bond acceptors (Lipinski definition) is 7. The second-order valence-corrected chi connectivity index (χ2v) is 10.6. The molecule has 2 aromatic heterocycles. The number of nitriles is 1. The summed E-state index contributed by atoms with van der Waals surface area (Å²) in [6.07, 6.45) is 7.02. The molecular formula is C26H29N7O. The number of aromatic nitrogens is 4. The Morgan fingerprint density at radius 3 is 2.82 bits per heavy atom. The summed E-state index contributed by atoms with van der Waals surface area (Å²) in [4.78, 5) is 14.0. The van der Waals surface area contributed by atoms with Crippen LogP contribution in [0.5, 0.6) is 0 Å². The van der Waals surface area contributed by atoms with Crippen molar-refractivity contribution in [2.45, 2.75) is 37.6 Å². The summed E-state index contributed by atoms with van der Waals surface area (Å²) in [6, 6.07) is 11.5. The van der Waals surface area contributed by atoms with Gasteiger partial charge in [-0.15, -0.1) is 0 Å². The highest BCUT2D eigenvalue weighted by atomic mass is 16.5. The first kappa shape index (κ1) is 20.4. The zero-order chi connectivity index (χ0) is 22.9. The maximum Gasteiger partial charge on any atom is 0.159 e. The van der Waals surface area contributed by atoms with Gasteiger partial charge >= 0.3 is 0 Å². The van der Waals surface area contributed by atoms with E-state index in [1.807, 2.05) is 16.9 Å². The van der Waals surface area contributed by atoms with Crippen LogP contribution in [0.1, 0.15) is 31.7 Å². The first-order valence-electron chi connectivity index (χ1n) is 12.4. The summed E-state index contributed by atoms with van der Waals surface area (Å²) in [7, 11) is 0. The Morgan fingerprint density at radius 1 is 1.12 bits per heavy atom. The van der Waals surface area contributed by atoms with Gasteiger partial charge in [-0.05, 0) is 42.2 Å². The highest BCUT2D eigenvalue weighted by Gasteiger charge is 2.67. The molecule has 0 radical (unpaired) electrons. The summed E-state index contributed by atoms with van der Waals surface area (Å²) in [5.74, 6) is 2.07. The molecule has 8 heteroatoms. The lowest BCUT2D eigenvalue weighted by Crippen LogP contribution is -2.58. The van der Waals surface area contributed by atoms with Gasteiger partial charge in [0.25, 0.3) is 0 Å². The van der Waals surface area contributed by atoms with Crippen LogP contribution in [0.15, 0.2) is 36.8 Å². The molecule has 2 aliphatic carbocycles. The van der Waals surface area contributed by atoms with Crippen molar-refractivity contribution in [3.63, 3.8) is 0 Å².